The molecule has 3 aromatic heterocycles. The molecular weight excluding hydrogens is 361 g/mol. The summed E-state index contributed by atoms with van der Waals surface area (Å²) in [6.45, 7) is 3.74. The SMILES string of the molecule is Cc1cc(C(=O)OCc2nc(Cl)ccc2Cl)c(C)n1-c1cccnc1. The lowest BCUT2D eigenvalue weighted by molar-refractivity contribution is 0.0467. The molecule has 0 aliphatic carbocycles. The van der Waals surface area contributed by atoms with Crippen molar-refractivity contribution in [1.82, 2.24) is 14.5 Å². The van der Waals surface area contributed by atoms with Crippen molar-refractivity contribution in [2.45, 2.75) is 20.5 Å². The first-order valence-corrected chi connectivity index (χ1v) is 8.30. The molecule has 3 rings (SSSR count). The van der Waals surface area contributed by atoms with Gasteiger partial charge in [-0.2, -0.15) is 0 Å². The summed E-state index contributed by atoms with van der Waals surface area (Å²) in [6, 6.07) is 8.76. The minimum atomic E-state index is -0.443. The van der Waals surface area contributed by atoms with Crippen LogP contribution in [-0.2, 0) is 11.3 Å². The summed E-state index contributed by atoms with van der Waals surface area (Å²) in [5.74, 6) is -0.443. The number of halogens is 2. The van der Waals surface area contributed by atoms with E-state index < -0.39 is 5.97 Å². The van der Waals surface area contributed by atoms with E-state index in [1.165, 1.54) is 0 Å². The third-order valence-corrected chi connectivity index (χ3v) is 4.33. The summed E-state index contributed by atoms with van der Waals surface area (Å²) in [5.41, 5.74) is 3.48. The molecule has 0 bridgehead atoms. The predicted molar refractivity (Wildman–Crippen MR) is 96.4 cm³/mol. The Morgan fingerprint density at radius 3 is 2.76 bits per heavy atom. The molecule has 0 unspecified atom stereocenters. The fraction of sp³-hybridized carbons (Fsp3) is 0.167. The number of carbonyl (C=O) groups is 1. The van der Waals surface area contributed by atoms with Crippen molar-refractivity contribution in [3.8, 4) is 5.69 Å². The van der Waals surface area contributed by atoms with Crippen molar-refractivity contribution in [2.24, 2.45) is 0 Å². The van der Waals surface area contributed by atoms with E-state index in [0.717, 1.165) is 17.1 Å². The van der Waals surface area contributed by atoms with Gasteiger partial charge < -0.3 is 9.30 Å². The minimum absolute atomic E-state index is 0.0468. The van der Waals surface area contributed by atoms with Gasteiger partial charge in [-0.05, 0) is 44.2 Å². The van der Waals surface area contributed by atoms with Gasteiger partial charge >= 0.3 is 5.97 Å². The molecule has 0 aromatic carbocycles. The smallest absolute Gasteiger partial charge is 0.340 e. The Morgan fingerprint density at radius 2 is 2.04 bits per heavy atom. The van der Waals surface area contributed by atoms with Gasteiger partial charge in [0.1, 0.15) is 11.8 Å². The van der Waals surface area contributed by atoms with Crippen molar-refractivity contribution in [1.29, 1.82) is 0 Å². The molecule has 0 N–H and O–H groups in total. The highest BCUT2D eigenvalue weighted by molar-refractivity contribution is 6.32. The first-order chi connectivity index (χ1) is 12.0. The first kappa shape index (κ1) is 17.5. The lowest BCUT2D eigenvalue weighted by Crippen LogP contribution is -2.08. The molecular formula is C18H15Cl2N3O2. The molecule has 0 atom stereocenters. The van der Waals surface area contributed by atoms with Crippen LogP contribution in [-0.4, -0.2) is 20.5 Å². The van der Waals surface area contributed by atoms with Crippen molar-refractivity contribution in [3.05, 3.63) is 75.5 Å². The van der Waals surface area contributed by atoms with Crippen LogP contribution in [0.4, 0.5) is 0 Å². The molecule has 0 spiro atoms. The molecule has 0 radical (unpaired) electrons. The predicted octanol–water partition coefficient (Wildman–Crippen LogP) is 4.55. The van der Waals surface area contributed by atoms with Crippen LogP contribution in [0, 0.1) is 13.8 Å². The van der Waals surface area contributed by atoms with Crippen molar-refractivity contribution in [3.63, 3.8) is 0 Å². The molecule has 128 valence electrons. The maximum Gasteiger partial charge on any atom is 0.340 e. The Bertz CT molecular complexity index is 924. The van der Waals surface area contributed by atoms with Gasteiger partial charge in [-0.1, -0.05) is 23.2 Å². The van der Waals surface area contributed by atoms with E-state index in [9.17, 15) is 4.79 Å². The number of esters is 1. The summed E-state index contributed by atoms with van der Waals surface area (Å²) in [4.78, 5) is 20.7. The van der Waals surface area contributed by atoms with Crippen LogP contribution in [0.2, 0.25) is 10.2 Å². The van der Waals surface area contributed by atoms with E-state index in [2.05, 4.69) is 9.97 Å². The zero-order valence-corrected chi connectivity index (χ0v) is 15.2. The van der Waals surface area contributed by atoms with Crippen LogP contribution in [0.1, 0.15) is 27.4 Å². The summed E-state index contributed by atoms with van der Waals surface area (Å²) in [5, 5.41) is 0.697. The second kappa shape index (κ2) is 7.25. The van der Waals surface area contributed by atoms with Crippen molar-refractivity contribution in [2.75, 3.05) is 0 Å². The number of pyridine rings is 2. The number of aryl methyl sites for hydroxylation is 1. The fourth-order valence-electron chi connectivity index (χ4n) is 2.62. The molecule has 3 aromatic rings. The Morgan fingerprint density at radius 1 is 1.24 bits per heavy atom. The molecule has 0 aliphatic rings. The second-order valence-corrected chi connectivity index (χ2v) is 6.26. The second-order valence-electron chi connectivity index (χ2n) is 5.47. The zero-order chi connectivity index (χ0) is 18.0. The number of hydrogen-bond acceptors (Lipinski definition) is 4. The summed E-state index contributed by atoms with van der Waals surface area (Å²) in [7, 11) is 0. The molecule has 0 amide bonds. The Balaban J connectivity index is 1.83. The van der Waals surface area contributed by atoms with Crippen molar-refractivity contribution >= 4 is 29.2 Å². The number of carbonyl (C=O) groups excluding carboxylic acids is 1. The maximum absolute atomic E-state index is 12.5. The highest BCUT2D eigenvalue weighted by Crippen LogP contribution is 2.22. The molecule has 0 fully saturated rings. The monoisotopic (exact) mass is 375 g/mol. The normalized spacial score (nSPS) is 10.7. The molecule has 7 heteroatoms. The van der Waals surface area contributed by atoms with Gasteiger partial charge in [-0.3, -0.25) is 4.98 Å². The van der Waals surface area contributed by atoms with Crippen LogP contribution in [0.3, 0.4) is 0 Å². The molecule has 5 nitrogen and oxygen atoms in total. The highest BCUT2D eigenvalue weighted by Gasteiger charge is 2.18. The van der Waals surface area contributed by atoms with Gasteiger partial charge in [0.25, 0.3) is 0 Å². The van der Waals surface area contributed by atoms with E-state index in [-0.39, 0.29) is 6.61 Å². The number of hydrogen-bond donors (Lipinski definition) is 0. The number of aromatic nitrogens is 3. The quantitative estimate of drug-likeness (QED) is 0.495. The van der Waals surface area contributed by atoms with E-state index in [4.69, 9.17) is 27.9 Å². The average Bonchev–Trinajstić information content (AvgIpc) is 2.90. The molecule has 25 heavy (non-hydrogen) atoms. The van der Waals surface area contributed by atoms with Gasteiger partial charge in [-0.25, -0.2) is 9.78 Å². The van der Waals surface area contributed by atoms with Crippen molar-refractivity contribution < 1.29 is 9.53 Å². The molecule has 3 heterocycles. The zero-order valence-electron chi connectivity index (χ0n) is 13.7. The lowest BCUT2D eigenvalue weighted by Gasteiger charge is -2.09. The van der Waals surface area contributed by atoms with Crippen LogP contribution < -0.4 is 0 Å². The van der Waals surface area contributed by atoms with E-state index in [0.29, 0.717) is 21.4 Å². The molecule has 0 aliphatic heterocycles. The molecule has 0 saturated carbocycles. The van der Waals surface area contributed by atoms with Crippen LogP contribution >= 0.6 is 23.2 Å². The number of ether oxygens (including phenoxy) is 1. The van der Waals surface area contributed by atoms with E-state index in [1.807, 2.05) is 30.5 Å². The van der Waals surface area contributed by atoms with Crippen LogP contribution in [0.5, 0.6) is 0 Å². The summed E-state index contributed by atoms with van der Waals surface area (Å²) in [6.07, 6.45) is 3.44. The minimum Gasteiger partial charge on any atom is -0.455 e. The van der Waals surface area contributed by atoms with E-state index >= 15 is 0 Å². The number of nitrogens with zero attached hydrogens (tertiary/aromatic N) is 3. The standard InChI is InChI=1S/C18H15Cl2N3O2/c1-11-8-14(12(2)23(11)13-4-3-7-21-9-13)18(24)25-10-16-15(19)5-6-17(20)22-16/h3-9H,10H2,1-2H3. The van der Waals surface area contributed by atoms with Crippen LogP contribution in [0.25, 0.3) is 5.69 Å². The third kappa shape index (κ3) is 3.67. The van der Waals surface area contributed by atoms with Gasteiger partial charge in [0, 0.05) is 17.6 Å². The Kier molecular flexibility index (Phi) is 5.06. The largest absolute Gasteiger partial charge is 0.455 e. The average molecular weight is 376 g/mol. The van der Waals surface area contributed by atoms with E-state index in [1.54, 1.807) is 30.6 Å². The van der Waals surface area contributed by atoms with Gasteiger partial charge in [-0.15, -0.1) is 0 Å². The Labute approximate surface area is 155 Å². The summed E-state index contributed by atoms with van der Waals surface area (Å²) < 4.78 is 7.31. The maximum atomic E-state index is 12.5. The fourth-order valence-corrected chi connectivity index (χ4v) is 2.95. The Hall–Kier alpha value is -2.37. The lowest BCUT2D eigenvalue weighted by atomic mass is 10.2. The van der Waals surface area contributed by atoms with Gasteiger partial charge in [0.2, 0.25) is 0 Å². The highest BCUT2D eigenvalue weighted by atomic mass is 35.5. The summed E-state index contributed by atoms with van der Waals surface area (Å²) >= 11 is 11.9. The van der Waals surface area contributed by atoms with Crippen LogP contribution in [0.15, 0.2) is 42.7 Å². The molecule has 0 saturated heterocycles. The van der Waals surface area contributed by atoms with Gasteiger partial charge in [0.05, 0.1) is 28.2 Å². The third-order valence-electron chi connectivity index (χ3n) is 3.78. The topological polar surface area (TPSA) is 57.0 Å². The number of rotatable bonds is 4. The first-order valence-electron chi connectivity index (χ1n) is 7.54. The van der Waals surface area contributed by atoms with Gasteiger partial charge in [0.15, 0.2) is 0 Å².